The van der Waals surface area contributed by atoms with Gasteiger partial charge in [-0.05, 0) is 64.3 Å². The summed E-state index contributed by atoms with van der Waals surface area (Å²) >= 11 is 0. The molecule has 0 spiro atoms. The number of nitrogens with zero attached hydrogens (tertiary/aromatic N) is 2. The van der Waals surface area contributed by atoms with Crippen LogP contribution in [0.25, 0.3) is 5.70 Å². The van der Waals surface area contributed by atoms with E-state index in [2.05, 4.69) is 50.6 Å². The summed E-state index contributed by atoms with van der Waals surface area (Å²) in [5.74, 6) is 1.96. The highest BCUT2D eigenvalue weighted by Crippen LogP contribution is 2.37. The monoisotopic (exact) mass is 441 g/mol. The zero-order chi connectivity index (χ0) is 23.4. The maximum atomic E-state index is 9.76. The second-order valence-electron chi connectivity index (χ2n) is 9.03. The van der Waals surface area contributed by atoms with Crippen LogP contribution in [-0.2, 0) is 9.47 Å². The Morgan fingerprint density at radius 1 is 1.22 bits per heavy atom. The SMILES string of the molecule is C=C1N[C@H](CO)c2nc(N3CCC(O/C(C)=C/C(COCC)=C(C)C)CC3)c(C)c(C)c21. The average molecular weight is 442 g/mol. The van der Waals surface area contributed by atoms with E-state index in [4.69, 9.17) is 14.5 Å². The number of aliphatic hydroxyl groups is 1. The molecule has 3 rings (SSSR count). The Kier molecular flexibility index (Phi) is 8.01. The minimum Gasteiger partial charge on any atom is -0.495 e. The number of pyridine rings is 1. The number of fused-ring (bicyclic) bond motifs is 1. The van der Waals surface area contributed by atoms with Crippen molar-refractivity contribution in [2.45, 2.75) is 66.5 Å². The summed E-state index contributed by atoms with van der Waals surface area (Å²) in [4.78, 5) is 7.34. The van der Waals surface area contributed by atoms with Gasteiger partial charge in [0.05, 0.1) is 30.7 Å². The van der Waals surface area contributed by atoms with Crippen LogP contribution in [-0.4, -0.2) is 49.1 Å². The fourth-order valence-electron chi connectivity index (χ4n) is 4.50. The van der Waals surface area contributed by atoms with E-state index in [1.54, 1.807) is 0 Å². The molecule has 1 fully saturated rings. The third-order valence-electron chi connectivity index (χ3n) is 6.49. The summed E-state index contributed by atoms with van der Waals surface area (Å²) in [7, 11) is 0. The molecule has 0 bridgehead atoms. The first kappa shape index (κ1) is 24.3. The highest BCUT2D eigenvalue weighted by Gasteiger charge is 2.31. The predicted octanol–water partition coefficient (Wildman–Crippen LogP) is 4.57. The van der Waals surface area contributed by atoms with Gasteiger partial charge in [-0.25, -0.2) is 4.98 Å². The minimum atomic E-state index is -0.176. The number of nitrogens with one attached hydrogen (secondary N) is 1. The largest absolute Gasteiger partial charge is 0.495 e. The minimum absolute atomic E-state index is 0.0133. The summed E-state index contributed by atoms with van der Waals surface area (Å²) in [5.41, 5.74) is 7.65. The molecule has 1 saturated heterocycles. The molecule has 32 heavy (non-hydrogen) atoms. The Morgan fingerprint density at radius 3 is 2.50 bits per heavy atom. The highest BCUT2D eigenvalue weighted by atomic mass is 16.5. The number of ether oxygens (including phenoxy) is 2. The summed E-state index contributed by atoms with van der Waals surface area (Å²) in [6.07, 6.45) is 4.22. The van der Waals surface area contributed by atoms with Crippen molar-refractivity contribution in [2.24, 2.45) is 0 Å². The third kappa shape index (κ3) is 5.18. The van der Waals surface area contributed by atoms with Gasteiger partial charge in [0, 0.05) is 43.8 Å². The number of hydrogen-bond donors (Lipinski definition) is 2. The molecule has 3 heterocycles. The Balaban J connectivity index is 1.68. The van der Waals surface area contributed by atoms with Crippen molar-refractivity contribution in [1.82, 2.24) is 10.3 Å². The molecule has 0 saturated carbocycles. The Hall–Kier alpha value is -2.31. The third-order valence-corrected chi connectivity index (χ3v) is 6.49. The standard InChI is InChI=1S/C26H39N3O3/c1-8-31-15-21(16(2)3)13-17(4)32-22-9-11-29(12-10-22)26-19(6)18(5)24-20(7)27-23(14-30)25(24)28-26/h13,22-23,27,30H,7-12,14-15H2,1-6H3/b17-13+/t23-/m1/s1. The summed E-state index contributed by atoms with van der Waals surface area (Å²) in [5, 5.41) is 13.0. The molecule has 0 radical (unpaired) electrons. The lowest BCUT2D eigenvalue weighted by Crippen LogP contribution is -2.38. The van der Waals surface area contributed by atoms with Crippen molar-refractivity contribution >= 4 is 11.5 Å². The first-order valence-corrected chi connectivity index (χ1v) is 11.7. The maximum absolute atomic E-state index is 9.76. The molecule has 1 aromatic rings. The molecule has 0 aliphatic carbocycles. The van der Waals surface area contributed by atoms with E-state index in [0.717, 1.165) is 54.5 Å². The number of anilines is 1. The number of rotatable bonds is 8. The molecule has 2 aliphatic rings. The van der Waals surface area contributed by atoms with Crippen molar-refractivity contribution in [1.29, 1.82) is 0 Å². The Labute approximate surface area is 193 Å². The average Bonchev–Trinajstić information content (AvgIpc) is 3.09. The molecule has 0 unspecified atom stereocenters. The normalized spacial score (nSPS) is 19.1. The molecule has 2 aliphatic heterocycles. The molecule has 2 N–H and O–H groups in total. The van der Waals surface area contributed by atoms with Crippen molar-refractivity contribution < 1.29 is 14.6 Å². The fourth-order valence-corrected chi connectivity index (χ4v) is 4.50. The number of piperidine rings is 1. The second-order valence-corrected chi connectivity index (χ2v) is 9.03. The van der Waals surface area contributed by atoms with Crippen molar-refractivity contribution in [3.05, 3.63) is 51.9 Å². The zero-order valence-electron chi connectivity index (χ0n) is 20.5. The van der Waals surface area contributed by atoms with E-state index in [9.17, 15) is 5.11 Å². The molecule has 176 valence electrons. The van der Waals surface area contributed by atoms with Gasteiger partial charge in [-0.3, -0.25) is 0 Å². The zero-order valence-corrected chi connectivity index (χ0v) is 20.5. The topological polar surface area (TPSA) is 66.9 Å². The van der Waals surface area contributed by atoms with Crippen LogP contribution in [0.3, 0.4) is 0 Å². The molecular weight excluding hydrogens is 402 g/mol. The fraction of sp³-hybridized carbons (Fsp3) is 0.577. The lowest BCUT2D eigenvalue weighted by molar-refractivity contribution is 0.0943. The summed E-state index contributed by atoms with van der Waals surface area (Å²) in [6.45, 7) is 19.8. The van der Waals surface area contributed by atoms with Gasteiger partial charge in [0.25, 0.3) is 0 Å². The second kappa shape index (κ2) is 10.5. The van der Waals surface area contributed by atoms with Gasteiger partial charge in [0.2, 0.25) is 0 Å². The highest BCUT2D eigenvalue weighted by molar-refractivity contribution is 5.75. The summed E-state index contributed by atoms with van der Waals surface area (Å²) < 4.78 is 11.9. The quantitative estimate of drug-likeness (QED) is 0.455. The van der Waals surface area contributed by atoms with Gasteiger partial charge >= 0.3 is 0 Å². The lowest BCUT2D eigenvalue weighted by Gasteiger charge is -2.34. The van der Waals surface area contributed by atoms with E-state index in [-0.39, 0.29) is 18.8 Å². The van der Waals surface area contributed by atoms with Gasteiger partial charge in [0.15, 0.2) is 0 Å². The predicted molar refractivity (Wildman–Crippen MR) is 131 cm³/mol. The van der Waals surface area contributed by atoms with E-state index in [1.165, 1.54) is 22.3 Å². The van der Waals surface area contributed by atoms with Crippen LogP contribution in [0.5, 0.6) is 0 Å². The molecule has 6 nitrogen and oxygen atoms in total. The molecule has 0 aromatic carbocycles. The van der Waals surface area contributed by atoms with Gasteiger partial charge < -0.3 is 24.8 Å². The molecule has 0 amide bonds. The molecule has 1 atom stereocenters. The number of allylic oxidation sites excluding steroid dienone is 2. The first-order valence-electron chi connectivity index (χ1n) is 11.7. The van der Waals surface area contributed by atoms with Crippen LogP contribution < -0.4 is 10.2 Å². The maximum Gasteiger partial charge on any atom is 0.132 e. The number of hydrogen-bond acceptors (Lipinski definition) is 6. The Bertz CT molecular complexity index is 907. The number of aromatic nitrogens is 1. The van der Waals surface area contributed by atoms with Gasteiger partial charge in [0.1, 0.15) is 11.9 Å². The van der Waals surface area contributed by atoms with Crippen molar-refractivity contribution in [3.8, 4) is 0 Å². The van der Waals surface area contributed by atoms with Crippen LogP contribution >= 0.6 is 0 Å². The van der Waals surface area contributed by atoms with E-state index < -0.39 is 0 Å². The first-order chi connectivity index (χ1) is 15.3. The van der Waals surface area contributed by atoms with Crippen LogP contribution in [0.4, 0.5) is 5.82 Å². The van der Waals surface area contributed by atoms with Crippen molar-refractivity contribution in [3.63, 3.8) is 0 Å². The smallest absolute Gasteiger partial charge is 0.132 e. The summed E-state index contributed by atoms with van der Waals surface area (Å²) in [6, 6.07) is -0.176. The van der Waals surface area contributed by atoms with E-state index >= 15 is 0 Å². The number of aliphatic hydroxyl groups excluding tert-OH is 1. The van der Waals surface area contributed by atoms with Gasteiger partial charge in [-0.1, -0.05) is 12.2 Å². The molecule has 1 aromatic heterocycles. The van der Waals surface area contributed by atoms with Crippen LogP contribution in [0.1, 0.15) is 69.0 Å². The van der Waals surface area contributed by atoms with Crippen molar-refractivity contribution in [2.75, 3.05) is 37.8 Å². The molecule has 6 heteroatoms. The molecular formula is C26H39N3O3. The van der Waals surface area contributed by atoms with E-state index in [1.807, 2.05) is 13.8 Å². The lowest BCUT2D eigenvalue weighted by atomic mass is 9.99. The van der Waals surface area contributed by atoms with Crippen LogP contribution in [0, 0.1) is 13.8 Å². The van der Waals surface area contributed by atoms with Crippen LogP contribution in [0.2, 0.25) is 0 Å². The Morgan fingerprint density at radius 2 is 1.91 bits per heavy atom. The van der Waals surface area contributed by atoms with Gasteiger partial charge in [-0.15, -0.1) is 0 Å². The van der Waals surface area contributed by atoms with Crippen LogP contribution in [0.15, 0.2) is 29.6 Å². The van der Waals surface area contributed by atoms with E-state index in [0.29, 0.717) is 13.2 Å². The van der Waals surface area contributed by atoms with Gasteiger partial charge in [-0.2, -0.15) is 0 Å².